The molecule has 0 radical (unpaired) electrons. The number of amides is 1. The zero-order chi connectivity index (χ0) is 22.8. The first-order valence-corrected chi connectivity index (χ1v) is 10.7. The van der Waals surface area contributed by atoms with E-state index < -0.39 is 0 Å². The van der Waals surface area contributed by atoms with Gasteiger partial charge in [-0.1, -0.05) is 5.10 Å². The van der Waals surface area contributed by atoms with Crippen LogP contribution in [-0.4, -0.2) is 64.2 Å². The number of quaternary nitrogens is 1. The Morgan fingerprint density at radius 2 is 2.28 bits per heavy atom. The summed E-state index contributed by atoms with van der Waals surface area (Å²) in [6, 6.07) is 6.98. The molecule has 3 rings (SSSR count). The number of rotatable bonds is 10. The Bertz CT molecular complexity index is 934. The number of nitrogens with zero attached hydrogens (tertiary/aromatic N) is 4. The number of aromatic hydroxyl groups is 1. The highest BCUT2D eigenvalue weighted by Crippen LogP contribution is 2.21. The number of aromatic nitrogens is 2. The van der Waals surface area contributed by atoms with E-state index in [-0.39, 0.29) is 17.9 Å². The van der Waals surface area contributed by atoms with Gasteiger partial charge < -0.3 is 25.5 Å². The Kier molecular flexibility index (Phi) is 8.64. The second kappa shape index (κ2) is 11.9. The minimum atomic E-state index is -0.289. The van der Waals surface area contributed by atoms with E-state index in [2.05, 4.69) is 20.4 Å². The van der Waals surface area contributed by atoms with Crippen LogP contribution in [0.3, 0.4) is 0 Å². The number of carbonyl (C=O) groups is 1. The molecular formula is C22H30N7O3+. The number of unbranched alkanes of at least 4 members (excludes halogenated alkanes) is 1. The fourth-order valence-corrected chi connectivity index (χ4v) is 3.46. The SMILES string of the molecule is Cc1ccc([NH2+]/N=C\C=N)c(C(=O)N2CCCOC2CCCCNc2ccc(O)cn2)n1. The van der Waals surface area contributed by atoms with Gasteiger partial charge in [0.25, 0.3) is 5.91 Å². The molecule has 170 valence electrons. The number of hydrogen-bond acceptors (Lipinski definition) is 8. The molecule has 2 aromatic heterocycles. The largest absolute Gasteiger partial charge is 0.506 e. The number of pyridine rings is 2. The third kappa shape index (κ3) is 6.56. The van der Waals surface area contributed by atoms with Gasteiger partial charge in [0.2, 0.25) is 0 Å². The molecule has 0 aromatic carbocycles. The van der Waals surface area contributed by atoms with Gasteiger partial charge in [-0.2, -0.15) is 5.43 Å². The van der Waals surface area contributed by atoms with E-state index in [1.54, 1.807) is 22.5 Å². The van der Waals surface area contributed by atoms with Crippen LogP contribution in [0.4, 0.5) is 11.5 Å². The van der Waals surface area contributed by atoms with Gasteiger partial charge in [0.15, 0.2) is 11.4 Å². The summed E-state index contributed by atoms with van der Waals surface area (Å²) in [6.07, 6.45) is 6.84. The van der Waals surface area contributed by atoms with Crippen molar-refractivity contribution in [2.24, 2.45) is 5.10 Å². The highest BCUT2D eigenvalue weighted by molar-refractivity contribution is 6.14. The molecule has 1 amide bonds. The average molecular weight is 441 g/mol. The van der Waals surface area contributed by atoms with E-state index >= 15 is 0 Å². The molecule has 1 aliphatic heterocycles. The second-order valence-corrected chi connectivity index (χ2v) is 7.49. The van der Waals surface area contributed by atoms with Crippen molar-refractivity contribution in [2.75, 3.05) is 25.0 Å². The second-order valence-electron chi connectivity index (χ2n) is 7.49. The van der Waals surface area contributed by atoms with Crippen LogP contribution in [0.25, 0.3) is 0 Å². The monoisotopic (exact) mass is 440 g/mol. The number of hydrogen-bond donors (Lipinski definition) is 4. The van der Waals surface area contributed by atoms with Crippen molar-refractivity contribution in [3.8, 4) is 5.75 Å². The predicted octanol–water partition coefficient (Wildman–Crippen LogP) is 1.79. The Morgan fingerprint density at radius 1 is 1.41 bits per heavy atom. The first-order valence-electron chi connectivity index (χ1n) is 10.7. The third-order valence-corrected chi connectivity index (χ3v) is 5.04. The lowest BCUT2D eigenvalue weighted by Gasteiger charge is -2.35. The molecule has 3 heterocycles. The van der Waals surface area contributed by atoms with Gasteiger partial charge in [-0.05, 0) is 50.8 Å². The Balaban J connectivity index is 1.58. The van der Waals surface area contributed by atoms with E-state index in [4.69, 9.17) is 10.1 Å². The third-order valence-electron chi connectivity index (χ3n) is 5.04. The van der Waals surface area contributed by atoms with Crippen molar-refractivity contribution in [3.05, 3.63) is 41.9 Å². The topological polar surface area (TPSA) is 140 Å². The molecule has 0 aliphatic carbocycles. The highest BCUT2D eigenvalue weighted by Gasteiger charge is 2.31. The summed E-state index contributed by atoms with van der Waals surface area (Å²) in [4.78, 5) is 23.7. The van der Waals surface area contributed by atoms with Crippen molar-refractivity contribution in [1.82, 2.24) is 14.9 Å². The van der Waals surface area contributed by atoms with Gasteiger partial charge in [0.05, 0.1) is 12.8 Å². The van der Waals surface area contributed by atoms with Crippen LogP contribution in [0.1, 0.15) is 41.9 Å². The van der Waals surface area contributed by atoms with Crippen molar-refractivity contribution in [1.29, 1.82) is 5.41 Å². The number of aryl methyl sites for hydroxylation is 1. The maximum atomic E-state index is 13.3. The lowest BCUT2D eigenvalue weighted by Crippen LogP contribution is -2.72. The molecule has 2 aromatic rings. The van der Waals surface area contributed by atoms with Crippen molar-refractivity contribution >= 4 is 29.8 Å². The lowest BCUT2D eigenvalue weighted by molar-refractivity contribution is -0.577. The Hall–Kier alpha value is -3.37. The standard InChI is InChI=1S/C22H29N7O3/c1-16-6-8-18(28-26-12-10-23)21(27-16)22(31)29-13-4-14-32-20(29)5-2-3-11-24-19-9-7-17(30)15-25-19/h6-10,12,15,20,23,28,30H,2-5,11,13-14H2,1H3,(H,24,25)/p+1/b23-10?,26-12-. The lowest BCUT2D eigenvalue weighted by atomic mass is 10.1. The molecule has 1 aliphatic rings. The average Bonchev–Trinajstić information content (AvgIpc) is 2.81. The summed E-state index contributed by atoms with van der Waals surface area (Å²) in [5, 5.41) is 23.6. The zero-order valence-electron chi connectivity index (χ0n) is 18.2. The van der Waals surface area contributed by atoms with Gasteiger partial charge in [-0.25, -0.2) is 9.97 Å². The van der Waals surface area contributed by atoms with E-state index in [0.29, 0.717) is 30.4 Å². The minimum absolute atomic E-state index is 0.139. The quantitative estimate of drug-likeness (QED) is 0.192. The van der Waals surface area contributed by atoms with Gasteiger partial charge in [-0.3, -0.25) is 4.79 Å². The molecule has 1 unspecified atom stereocenters. The first kappa shape index (κ1) is 23.3. The minimum Gasteiger partial charge on any atom is -0.506 e. The molecule has 1 saturated heterocycles. The van der Waals surface area contributed by atoms with Gasteiger partial charge >= 0.3 is 0 Å². The summed E-state index contributed by atoms with van der Waals surface area (Å²) in [5.41, 5.74) is 3.27. The highest BCUT2D eigenvalue weighted by atomic mass is 16.5. The molecule has 0 bridgehead atoms. The fourth-order valence-electron chi connectivity index (χ4n) is 3.46. The zero-order valence-corrected chi connectivity index (χ0v) is 18.2. The smallest absolute Gasteiger partial charge is 0.280 e. The summed E-state index contributed by atoms with van der Waals surface area (Å²) >= 11 is 0. The Morgan fingerprint density at radius 3 is 3.06 bits per heavy atom. The van der Waals surface area contributed by atoms with Crippen molar-refractivity contribution in [3.63, 3.8) is 0 Å². The maximum Gasteiger partial charge on any atom is 0.280 e. The summed E-state index contributed by atoms with van der Waals surface area (Å²) < 4.78 is 5.93. The van der Waals surface area contributed by atoms with Gasteiger partial charge in [0, 0.05) is 31.1 Å². The molecule has 0 saturated carbocycles. The van der Waals surface area contributed by atoms with Gasteiger partial charge in [-0.15, -0.1) is 0 Å². The van der Waals surface area contributed by atoms with Gasteiger partial charge in [0.1, 0.15) is 24.0 Å². The van der Waals surface area contributed by atoms with Crippen LogP contribution in [0.5, 0.6) is 5.75 Å². The molecule has 10 heteroatoms. The molecule has 10 nitrogen and oxygen atoms in total. The van der Waals surface area contributed by atoms with Crippen LogP contribution >= 0.6 is 0 Å². The van der Waals surface area contributed by atoms with Crippen LogP contribution in [0.15, 0.2) is 35.6 Å². The van der Waals surface area contributed by atoms with Crippen molar-refractivity contribution < 1.29 is 20.1 Å². The van der Waals surface area contributed by atoms with E-state index in [9.17, 15) is 9.90 Å². The number of nitrogens with two attached hydrogens (primary N) is 1. The van der Waals surface area contributed by atoms with E-state index in [0.717, 1.165) is 44.1 Å². The normalized spacial score (nSPS) is 16.3. The number of carbonyl (C=O) groups excluding carboxylic acids is 1. The first-order chi connectivity index (χ1) is 15.6. The molecule has 0 spiro atoms. The number of nitrogens with one attached hydrogen (secondary N) is 2. The number of anilines is 1. The van der Waals surface area contributed by atoms with E-state index in [1.165, 1.54) is 12.4 Å². The van der Waals surface area contributed by atoms with Crippen LogP contribution in [0.2, 0.25) is 0 Å². The fraction of sp³-hybridized carbons (Fsp3) is 0.409. The van der Waals surface area contributed by atoms with Crippen LogP contribution in [0, 0.1) is 12.3 Å². The molecule has 1 fully saturated rings. The van der Waals surface area contributed by atoms with E-state index in [1.807, 2.05) is 19.1 Å². The summed E-state index contributed by atoms with van der Waals surface area (Å²) in [7, 11) is 0. The van der Waals surface area contributed by atoms with Crippen molar-refractivity contribution in [2.45, 2.75) is 38.8 Å². The van der Waals surface area contributed by atoms with Crippen LogP contribution < -0.4 is 10.7 Å². The summed E-state index contributed by atoms with van der Waals surface area (Å²) in [5.74, 6) is 0.690. The summed E-state index contributed by atoms with van der Waals surface area (Å²) in [6.45, 7) is 3.84. The number of ether oxygens (including phenoxy) is 1. The molecule has 32 heavy (non-hydrogen) atoms. The molecule has 1 atom stereocenters. The maximum absolute atomic E-state index is 13.3. The van der Waals surface area contributed by atoms with Crippen LogP contribution in [-0.2, 0) is 4.74 Å². The predicted molar refractivity (Wildman–Crippen MR) is 121 cm³/mol. The molecular weight excluding hydrogens is 410 g/mol. The Labute approximate surface area is 187 Å². The molecule has 5 N–H and O–H groups in total.